The number of nitrogens with one attached hydrogen (secondary N) is 1. The van der Waals surface area contributed by atoms with Crippen LogP contribution < -0.4 is 10.1 Å². The van der Waals surface area contributed by atoms with Crippen LogP contribution >= 0.6 is 0 Å². The van der Waals surface area contributed by atoms with E-state index in [2.05, 4.69) is 5.32 Å². The number of carbonyl (C=O) groups is 2. The maximum Gasteiger partial charge on any atom is 0.410 e. The molecule has 1 unspecified atom stereocenters. The molecular weight excluding hydrogens is 368 g/mol. The first-order valence-electron chi connectivity index (χ1n) is 9.71. The third-order valence-electron chi connectivity index (χ3n) is 4.05. The van der Waals surface area contributed by atoms with Crippen LogP contribution in [0.25, 0.3) is 0 Å². The number of ether oxygens (including phenoxy) is 2. The van der Waals surface area contributed by atoms with Crippen LogP contribution in [0.15, 0.2) is 54.6 Å². The fourth-order valence-corrected chi connectivity index (χ4v) is 2.75. The van der Waals surface area contributed by atoms with Crippen molar-refractivity contribution in [1.29, 1.82) is 0 Å². The summed E-state index contributed by atoms with van der Waals surface area (Å²) in [6.45, 7) is 7.79. The Balaban J connectivity index is 2.13. The van der Waals surface area contributed by atoms with Gasteiger partial charge in [-0.1, -0.05) is 42.5 Å². The van der Waals surface area contributed by atoms with E-state index in [1.54, 1.807) is 27.8 Å². The molecule has 0 saturated heterocycles. The molecule has 0 aliphatic heterocycles. The van der Waals surface area contributed by atoms with Crippen molar-refractivity contribution in [3.8, 4) is 5.75 Å². The first kappa shape index (κ1) is 22.3. The van der Waals surface area contributed by atoms with Crippen molar-refractivity contribution in [2.24, 2.45) is 0 Å². The maximum absolute atomic E-state index is 12.7. The third-order valence-corrected chi connectivity index (χ3v) is 4.05. The number of benzene rings is 2. The molecule has 0 heterocycles. The molecule has 1 N–H and O–H groups in total. The van der Waals surface area contributed by atoms with E-state index in [4.69, 9.17) is 9.47 Å². The van der Waals surface area contributed by atoms with Crippen LogP contribution in [0.3, 0.4) is 0 Å². The Hall–Kier alpha value is -3.02. The average Bonchev–Trinajstić information content (AvgIpc) is 2.66. The topological polar surface area (TPSA) is 67.9 Å². The van der Waals surface area contributed by atoms with E-state index in [0.717, 1.165) is 16.9 Å². The molecule has 6 heteroatoms. The molecule has 0 radical (unpaired) electrons. The quantitative estimate of drug-likeness (QED) is 0.760. The molecule has 1 atom stereocenters. The number of likely N-dealkylation sites (N-methyl/N-ethyl adjacent to an activating group) is 1. The highest BCUT2D eigenvalue weighted by Gasteiger charge is 2.23. The van der Waals surface area contributed by atoms with Crippen molar-refractivity contribution in [1.82, 2.24) is 10.2 Å². The lowest BCUT2D eigenvalue weighted by Crippen LogP contribution is -2.42. The summed E-state index contributed by atoms with van der Waals surface area (Å²) in [6, 6.07) is 17.0. The van der Waals surface area contributed by atoms with Gasteiger partial charge in [-0.05, 0) is 51.0 Å². The lowest BCUT2D eigenvalue weighted by molar-refractivity contribution is -0.122. The molecule has 0 aliphatic rings. The van der Waals surface area contributed by atoms with Gasteiger partial charge < -0.3 is 19.7 Å². The summed E-state index contributed by atoms with van der Waals surface area (Å²) in [5.41, 5.74) is 1.26. The lowest BCUT2D eigenvalue weighted by Gasteiger charge is -2.25. The first-order chi connectivity index (χ1) is 13.7. The van der Waals surface area contributed by atoms with Gasteiger partial charge in [0, 0.05) is 7.05 Å². The standard InChI is InChI=1S/C23H30N2O4/c1-6-28-19-14-12-18(13-15-19)21(17-10-8-7-9-11-17)24-20(26)16-25(5)22(27)29-23(2,3)4/h7-15,21H,6,16H2,1-5H3,(H,24,26). The van der Waals surface area contributed by atoms with Gasteiger partial charge in [0.2, 0.25) is 5.91 Å². The minimum absolute atomic E-state index is 0.102. The molecule has 29 heavy (non-hydrogen) atoms. The predicted molar refractivity (Wildman–Crippen MR) is 113 cm³/mol. The summed E-state index contributed by atoms with van der Waals surface area (Å²) < 4.78 is 10.8. The lowest BCUT2D eigenvalue weighted by atomic mass is 9.98. The zero-order valence-electron chi connectivity index (χ0n) is 17.8. The summed E-state index contributed by atoms with van der Waals surface area (Å²) in [7, 11) is 1.54. The predicted octanol–water partition coefficient (Wildman–Crippen LogP) is 4.16. The van der Waals surface area contributed by atoms with Crippen LogP contribution in [0.4, 0.5) is 4.79 Å². The average molecular weight is 399 g/mol. The van der Waals surface area contributed by atoms with Crippen LogP contribution in [0.1, 0.15) is 44.9 Å². The van der Waals surface area contributed by atoms with Crippen molar-refractivity contribution in [2.45, 2.75) is 39.3 Å². The Morgan fingerprint density at radius 1 is 1.00 bits per heavy atom. The number of hydrogen-bond donors (Lipinski definition) is 1. The Morgan fingerprint density at radius 2 is 1.59 bits per heavy atom. The highest BCUT2D eigenvalue weighted by atomic mass is 16.6. The van der Waals surface area contributed by atoms with E-state index in [9.17, 15) is 9.59 Å². The molecule has 2 aromatic carbocycles. The van der Waals surface area contributed by atoms with Gasteiger partial charge >= 0.3 is 6.09 Å². The van der Waals surface area contributed by atoms with Crippen molar-refractivity contribution < 1.29 is 19.1 Å². The highest BCUT2D eigenvalue weighted by Crippen LogP contribution is 2.24. The minimum atomic E-state index is -0.614. The second-order valence-electron chi connectivity index (χ2n) is 7.75. The summed E-state index contributed by atoms with van der Waals surface area (Å²) in [6.07, 6.45) is -0.537. The Bertz CT molecular complexity index is 798. The fourth-order valence-electron chi connectivity index (χ4n) is 2.75. The first-order valence-corrected chi connectivity index (χ1v) is 9.71. The molecule has 0 aromatic heterocycles. The molecule has 2 amide bonds. The fraction of sp³-hybridized carbons (Fsp3) is 0.391. The Kier molecular flexibility index (Phi) is 7.65. The highest BCUT2D eigenvalue weighted by molar-refractivity contribution is 5.82. The SMILES string of the molecule is CCOc1ccc(C(NC(=O)CN(C)C(=O)OC(C)(C)C)c2ccccc2)cc1. The monoisotopic (exact) mass is 398 g/mol. The number of carbonyl (C=O) groups excluding carboxylic acids is 2. The molecule has 6 nitrogen and oxygen atoms in total. The van der Waals surface area contributed by atoms with Gasteiger partial charge in [0.15, 0.2) is 0 Å². The van der Waals surface area contributed by atoms with Gasteiger partial charge in [-0.2, -0.15) is 0 Å². The number of rotatable bonds is 7. The van der Waals surface area contributed by atoms with Gasteiger partial charge in [-0.25, -0.2) is 4.79 Å². The molecule has 0 aliphatic carbocycles. The van der Waals surface area contributed by atoms with E-state index in [-0.39, 0.29) is 18.5 Å². The normalized spacial score (nSPS) is 12.0. The molecule has 0 fully saturated rings. The number of nitrogens with zero attached hydrogens (tertiary/aromatic N) is 1. The van der Waals surface area contributed by atoms with E-state index < -0.39 is 11.7 Å². The second-order valence-corrected chi connectivity index (χ2v) is 7.75. The van der Waals surface area contributed by atoms with E-state index in [1.165, 1.54) is 4.90 Å². The zero-order chi connectivity index (χ0) is 21.4. The van der Waals surface area contributed by atoms with Gasteiger partial charge in [0.1, 0.15) is 17.9 Å². The van der Waals surface area contributed by atoms with Crippen molar-refractivity contribution in [3.63, 3.8) is 0 Å². The molecule has 0 spiro atoms. The van der Waals surface area contributed by atoms with E-state index in [0.29, 0.717) is 6.61 Å². The van der Waals surface area contributed by atoms with Crippen molar-refractivity contribution in [2.75, 3.05) is 20.2 Å². The Labute approximate surface area is 172 Å². The third kappa shape index (κ3) is 7.14. The zero-order valence-corrected chi connectivity index (χ0v) is 17.8. The van der Waals surface area contributed by atoms with Crippen LogP contribution in [0, 0.1) is 0 Å². The molecule has 2 aromatic rings. The van der Waals surface area contributed by atoms with Crippen LogP contribution in [0.2, 0.25) is 0 Å². The van der Waals surface area contributed by atoms with Crippen LogP contribution in [0.5, 0.6) is 5.75 Å². The molecule has 156 valence electrons. The van der Waals surface area contributed by atoms with E-state index in [1.807, 2.05) is 61.5 Å². The number of amides is 2. The largest absolute Gasteiger partial charge is 0.494 e. The summed E-state index contributed by atoms with van der Waals surface area (Å²) in [5.74, 6) is 0.500. The molecular formula is C23H30N2O4. The number of hydrogen-bond acceptors (Lipinski definition) is 4. The molecule has 2 rings (SSSR count). The van der Waals surface area contributed by atoms with Gasteiger partial charge in [-0.3, -0.25) is 4.79 Å². The van der Waals surface area contributed by atoms with Crippen LogP contribution in [-0.2, 0) is 9.53 Å². The van der Waals surface area contributed by atoms with Gasteiger partial charge in [0.25, 0.3) is 0 Å². The summed E-state index contributed by atoms with van der Waals surface area (Å²) >= 11 is 0. The summed E-state index contributed by atoms with van der Waals surface area (Å²) in [4.78, 5) is 26.1. The minimum Gasteiger partial charge on any atom is -0.494 e. The van der Waals surface area contributed by atoms with Gasteiger partial charge in [-0.15, -0.1) is 0 Å². The molecule has 0 saturated carbocycles. The van der Waals surface area contributed by atoms with Crippen molar-refractivity contribution >= 4 is 12.0 Å². The smallest absolute Gasteiger partial charge is 0.410 e. The second kappa shape index (κ2) is 9.96. The molecule has 0 bridgehead atoms. The van der Waals surface area contributed by atoms with E-state index >= 15 is 0 Å². The van der Waals surface area contributed by atoms with Gasteiger partial charge in [0.05, 0.1) is 12.6 Å². The Morgan fingerprint density at radius 3 is 2.14 bits per heavy atom. The summed E-state index contributed by atoms with van der Waals surface area (Å²) in [5, 5.41) is 3.02. The van der Waals surface area contributed by atoms with Crippen LogP contribution in [-0.4, -0.2) is 42.7 Å². The van der Waals surface area contributed by atoms with Crippen molar-refractivity contribution in [3.05, 3.63) is 65.7 Å². The maximum atomic E-state index is 12.7.